The van der Waals surface area contributed by atoms with Crippen molar-refractivity contribution < 1.29 is 4.74 Å². The second-order valence-corrected chi connectivity index (χ2v) is 3.64. The Balaban J connectivity index is 2.45. The van der Waals surface area contributed by atoms with Crippen molar-refractivity contribution in [3.05, 3.63) is 23.2 Å². The predicted molar refractivity (Wildman–Crippen MR) is 65.0 cm³/mol. The lowest BCUT2D eigenvalue weighted by molar-refractivity contribution is 0.415. The van der Waals surface area contributed by atoms with E-state index in [-0.39, 0.29) is 0 Å². The maximum absolute atomic E-state index is 5.99. The van der Waals surface area contributed by atoms with Crippen molar-refractivity contribution in [1.29, 1.82) is 0 Å². The van der Waals surface area contributed by atoms with Crippen LogP contribution >= 0.6 is 11.6 Å². The first-order chi connectivity index (χ1) is 7.27. The van der Waals surface area contributed by atoms with E-state index in [2.05, 4.69) is 10.6 Å². The summed E-state index contributed by atoms with van der Waals surface area (Å²) < 4.78 is 5.07. The van der Waals surface area contributed by atoms with E-state index in [1.807, 2.05) is 25.2 Å². The molecule has 1 aromatic rings. The lowest BCUT2D eigenvalue weighted by Gasteiger charge is -2.08. The van der Waals surface area contributed by atoms with Gasteiger partial charge in [-0.25, -0.2) is 0 Å². The van der Waals surface area contributed by atoms with Gasteiger partial charge in [-0.05, 0) is 38.2 Å². The minimum absolute atomic E-state index is 0.635. The molecule has 1 rings (SSSR count). The molecule has 0 atom stereocenters. The van der Waals surface area contributed by atoms with Gasteiger partial charge in [0.05, 0.1) is 12.1 Å². The summed E-state index contributed by atoms with van der Waals surface area (Å²) in [6.45, 7) is 1.94. The molecule has 1 aromatic carbocycles. The third-order valence-electron chi connectivity index (χ3n) is 2.08. The van der Waals surface area contributed by atoms with E-state index in [0.29, 0.717) is 10.8 Å². The Morgan fingerprint density at radius 2 is 2.13 bits per heavy atom. The lowest BCUT2D eigenvalue weighted by Crippen LogP contribution is -2.12. The van der Waals surface area contributed by atoms with Gasteiger partial charge in [0, 0.05) is 12.2 Å². The fourth-order valence-corrected chi connectivity index (χ4v) is 1.53. The average molecular weight is 229 g/mol. The summed E-state index contributed by atoms with van der Waals surface area (Å²) in [7, 11) is 3.56. The van der Waals surface area contributed by atoms with E-state index in [0.717, 1.165) is 25.2 Å². The lowest BCUT2D eigenvalue weighted by atomic mass is 10.3. The number of rotatable bonds is 6. The zero-order valence-corrected chi connectivity index (χ0v) is 9.90. The molecule has 0 aliphatic heterocycles. The van der Waals surface area contributed by atoms with Crippen molar-refractivity contribution in [2.75, 3.05) is 32.6 Å². The highest BCUT2D eigenvalue weighted by atomic mass is 35.5. The van der Waals surface area contributed by atoms with Gasteiger partial charge >= 0.3 is 0 Å². The maximum atomic E-state index is 5.99. The van der Waals surface area contributed by atoms with Crippen LogP contribution in [0.1, 0.15) is 6.42 Å². The van der Waals surface area contributed by atoms with Gasteiger partial charge in [0.1, 0.15) is 5.75 Å². The van der Waals surface area contributed by atoms with Crippen LogP contribution in [0.25, 0.3) is 0 Å². The van der Waals surface area contributed by atoms with Gasteiger partial charge in [0.15, 0.2) is 0 Å². The Morgan fingerprint density at radius 3 is 2.73 bits per heavy atom. The molecular formula is C11H17ClN2O. The molecule has 0 heterocycles. The van der Waals surface area contributed by atoms with E-state index >= 15 is 0 Å². The van der Waals surface area contributed by atoms with Crippen molar-refractivity contribution in [2.24, 2.45) is 0 Å². The Morgan fingerprint density at radius 1 is 1.33 bits per heavy atom. The fraction of sp³-hybridized carbons (Fsp3) is 0.455. The molecule has 0 radical (unpaired) electrons. The van der Waals surface area contributed by atoms with Gasteiger partial charge in [-0.15, -0.1) is 0 Å². The van der Waals surface area contributed by atoms with Crippen LogP contribution in [0.3, 0.4) is 0 Å². The molecule has 0 bridgehead atoms. The first-order valence-electron chi connectivity index (χ1n) is 5.00. The fourth-order valence-electron chi connectivity index (χ4n) is 1.27. The van der Waals surface area contributed by atoms with E-state index in [4.69, 9.17) is 16.3 Å². The molecule has 0 aromatic heterocycles. The first-order valence-corrected chi connectivity index (χ1v) is 5.37. The van der Waals surface area contributed by atoms with Crippen LogP contribution < -0.4 is 15.4 Å². The number of ether oxygens (including phenoxy) is 1. The molecule has 2 N–H and O–H groups in total. The molecule has 0 aliphatic rings. The number of halogens is 1. The normalized spacial score (nSPS) is 10.1. The van der Waals surface area contributed by atoms with Gasteiger partial charge < -0.3 is 15.4 Å². The number of anilines is 1. The standard InChI is InChI=1S/C11H17ClN2O/c1-13-6-3-7-14-9-4-5-11(15-2)10(12)8-9/h4-5,8,13-14H,3,6-7H2,1-2H3. The Labute approximate surface area is 95.8 Å². The minimum Gasteiger partial charge on any atom is -0.495 e. The van der Waals surface area contributed by atoms with Crippen molar-refractivity contribution in [3.63, 3.8) is 0 Å². The van der Waals surface area contributed by atoms with Crippen molar-refractivity contribution in [3.8, 4) is 5.75 Å². The monoisotopic (exact) mass is 228 g/mol. The van der Waals surface area contributed by atoms with Crippen LogP contribution in [0.2, 0.25) is 5.02 Å². The van der Waals surface area contributed by atoms with Crippen molar-refractivity contribution in [2.45, 2.75) is 6.42 Å². The molecule has 84 valence electrons. The summed E-state index contributed by atoms with van der Waals surface area (Å²) in [6.07, 6.45) is 1.08. The molecule has 0 spiro atoms. The third kappa shape index (κ3) is 3.98. The summed E-state index contributed by atoms with van der Waals surface area (Å²) in [5, 5.41) is 7.02. The Hall–Kier alpha value is -0.930. The Kier molecular flexibility index (Phi) is 5.29. The quantitative estimate of drug-likeness (QED) is 0.734. The number of benzene rings is 1. The second-order valence-electron chi connectivity index (χ2n) is 3.23. The SMILES string of the molecule is CNCCCNc1ccc(OC)c(Cl)c1. The number of nitrogens with one attached hydrogen (secondary N) is 2. The summed E-state index contributed by atoms with van der Waals surface area (Å²) in [4.78, 5) is 0. The smallest absolute Gasteiger partial charge is 0.137 e. The average Bonchev–Trinajstić information content (AvgIpc) is 2.25. The zero-order valence-electron chi connectivity index (χ0n) is 9.14. The highest BCUT2D eigenvalue weighted by molar-refractivity contribution is 6.32. The zero-order chi connectivity index (χ0) is 11.1. The van der Waals surface area contributed by atoms with E-state index in [1.54, 1.807) is 7.11 Å². The molecular weight excluding hydrogens is 212 g/mol. The summed E-state index contributed by atoms with van der Waals surface area (Å²) >= 11 is 5.99. The van der Waals surface area contributed by atoms with Crippen LogP contribution in [0, 0.1) is 0 Å². The van der Waals surface area contributed by atoms with Gasteiger partial charge in [-0.1, -0.05) is 11.6 Å². The summed E-state index contributed by atoms with van der Waals surface area (Å²) in [5.74, 6) is 0.706. The summed E-state index contributed by atoms with van der Waals surface area (Å²) in [6, 6.07) is 5.70. The predicted octanol–water partition coefficient (Wildman–Crippen LogP) is 2.37. The summed E-state index contributed by atoms with van der Waals surface area (Å²) in [5.41, 5.74) is 1.02. The highest BCUT2D eigenvalue weighted by Crippen LogP contribution is 2.26. The minimum atomic E-state index is 0.635. The molecule has 0 aliphatic carbocycles. The molecule has 0 saturated carbocycles. The number of hydrogen-bond acceptors (Lipinski definition) is 3. The highest BCUT2D eigenvalue weighted by Gasteiger charge is 2.00. The maximum Gasteiger partial charge on any atom is 0.137 e. The van der Waals surface area contributed by atoms with Gasteiger partial charge in [0.25, 0.3) is 0 Å². The topological polar surface area (TPSA) is 33.3 Å². The first kappa shape index (κ1) is 12.1. The largest absolute Gasteiger partial charge is 0.495 e. The van der Waals surface area contributed by atoms with Crippen LogP contribution in [0.15, 0.2) is 18.2 Å². The van der Waals surface area contributed by atoms with Crippen LogP contribution in [0.4, 0.5) is 5.69 Å². The van der Waals surface area contributed by atoms with Crippen molar-refractivity contribution >= 4 is 17.3 Å². The van der Waals surface area contributed by atoms with Crippen LogP contribution in [-0.2, 0) is 0 Å². The van der Waals surface area contributed by atoms with Crippen LogP contribution in [0.5, 0.6) is 5.75 Å². The molecule has 3 nitrogen and oxygen atoms in total. The molecule has 0 fully saturated rings. The van der Waals surface area contributed by atoms with Gasteiger partial charge in [0.2, 0.25) is 0 Å². The number of methoxy groups -OCH3 is 1. The molecule has 4 heteroatoms. The van der Waals surface area contributed by atoms with E-state index in [9.17, 15) is 0 Å². The molecule has 0 saturated heterocycles. The van der Waals surface area contributed by atoms with Crippen molar-refractivity contribution in [1.82, 2.24) is 5.32 Å². The third-order valence-corrected chi connectivity index (χ3v) is 2.38. The second kappa shape index (κ2) is 6.53. The molecule has 15 heavy (non-hydrogen) atoms. The Bertz CT molecular complexity index is 305. The molecule has 0 unspecified atom stereocenters. The van der Waals surface area contributed by atoms with E-state index < -0.39 is 0 Å². The van der Waals surface area contributed by atoms with Gasteiger partial charge in [-0.3, -0.25) is 0 Å². The van der Waals surface area contributed by atoms with E-state index in [1.165, 1.54) is 0 Å². The van der Waals surface area contributed by atoms with Crippen LogP contribution in [-0.4, -0.2) is 27.2 Å². The van der Waals surface area contributed by atoms with Gasteiger partial charge in [-0.2, -0.15) is 0 Å². The number of hydrogen-bond donors (Lipinski definition) is 2. The molecule has 0 amide bonds.